The van der Waals surface area contributed by atoms with Crippen molar-refractivity contribution < 1.29 is 18.0 Å². The molecular weight excluding hydrogens is 413 g/mol. The van der Waals surface area contributed by atoms with E-state index in [1.165, 1.54) is 0 Å². The Bertz CT molecular complexity index is 1230. The predicted molar refractivity (Wildman–Crippen MR) is 111 cm³/mol. The molecule has 1 amide bonds. The molecule has 0 fully saturated rings. The van der Waals surface area contributed by atoms with Crippen LogP contribution in [0.3, 0.4) is 0 Å². The fraction of sp³-hybridized carbons (Fsp3) is 0.0952. The molecule has 4 rings (SSSR count). The number of benzene rings is 1. The second-order valence-corrected chi connectivity index (χ2v) is 7.64. The maximum atomic E-state index is 12.6. The molecule has 0 aliphatic carbocycles. The van der Waals surface area contributed by atoms with Gasteiger partial charge < -0.3 is 11.1 Å². The lowest BCUT2D eigenvalue weighted by Gasteiger charge is -2.07. The molecule has 3 heterocycles. The molecule has 5 nitrogen and oxygen atoms in total. The van der Waals surface area contributed by atoms with Gasteiger partial charge in [-0.25, -0.2) is 9.97 Å². The van der Waals surface area contributed by atoms with Crippen molar-refractivity contribution in [3.8, 4) is 11.3 Å². The van der Waals surface area contributed by atoms with Crippen LogP contribution in [0.15, 0.2) is 54.7 Å². The summed E-state index contributed by atoms with van der Waals surface area (Å²) in [5.74, 6) is -0.558. The lowest BCUT2D eigenvalue weighted by molar-refractivity contribution is -0.137. The van der Waals surface area contributed by atoms with Crippen molar-refractivity contribution in [1.82, 2.24) is 9.97 Å². The molecule has 0 saturated carbocycles. The summed E-state index contributed by atoms with van der Waals surface area (Å²) >= 11 is 1.11. The minimum Gasteiger partial charge on any atom is -0.397 e. The topological polar surface area (TPSA) is 80.9 Å². The summed E-state index contributed by atoms with van der Waals surface area (Å²) in [6.07, 6.45) is -3.83. The third-order valence-corrected chi connectivity index (χ3v) is 5.59. The number of nitrogens with one attached hydrogen (secondary N) is 1. The van der Waals surface area contributed by atoms with Crippen molar-refractivity contribution in [3.05, 3.63) is 70.7 Å². The fourth-order valence-electron chi connectivity index (χ4n) is 2.86. The van der Waals surface area contributed by atoms with E-state index in [9.17, 15) is 18.0 Å². The van der Waals surface area contributed by atoms with Crippen LogP contribution in [0.4, 0.5) is 24.7 Å². The van der Waals surface area contributed by atoms with Crippen LogP contribution in [-0.4, -0.2) is 15.9 Å². The third kappa shape index (κ3) is 3.84. The number of halogens is 3. The van der Waals surface area contributed by atoms with Gasteiger partial charge >= 0.3 is 6.18 Å². The average Bonchev–Trinajstić information content (AvgIpc) is 3.04. The van der Waals surface area contributed by atoms with Crippen LogP contribution < -0.4 is 11.1 Å². The summed E-state index contributed by atoms with van der Waals surface area (Å²) in [6, 6.07) is 13.5. The quantitative estimate of drug-likeness (QED) is 0.450. The molecule has 9 heteroatoms. The lowest BCUT2D eigenvalue weighted by atomic mass is 10.1. The van der Waals surface area contributed by atoms with Crippen molar-refractivity contribution in [2.45, 2.75) is 13.1 Å². The monoisotopic (exact) mass is 428 g/mol. The SMILES string of the molecule is Cc1ccc(-c2ccc3c(N)c(C(=O)Nc4ccc(C(F)(F)F)cn4)sc3n2)cc1. The predicted octanol–water partition coefficient (Wildman–Crippen LogP) is 5.52. The van der Waals surface area contributed by atoms with E-state index < -0.39 is 17.6 Å². The lowest BCUT2D eigenvalue weighted by Crippen LogP contribution is -2.13. The first-order valence-electron chi connectivity index (χ1n) is 8.83. The first-order chi connectivity index (χ1) is 14.2. The molecule has 3 N–H and O–H groups in total. The van der Waals surface area contributed by atoms with Gasteiger partial charge in [0.2, 0.25) is 0 Å². The molecule has 0 radical (unpaired) electrons. The van der Waals surface area contributed by atoms with Gasteiger partial charge in [0.15, 0.2) is 0 Å². The van der Waals surface area contributed by atoms with Gasteiger partial charge in [-0.15, -0.1) is 11.3 Å². The number of aromatic nitrogens is 2. The number of carbonyl (C=O) groups excluding carboxylic acids is 1. The molecule has 1 aromatic carbocycles. The average molecular weight is 428 g/mol. The Morgan fingerprint density at radius 1 is 1.07 bits per heavy atom. The van der Waals surface area contributed by atoms with Crippen molar-refractivity contribution >= 4 is 39.0 Å². The van der Waals surface area contributed by atoms with Crippen molar-refractivity contribution in [2.75, 3.05) is 11.1 Å². The Kier molecular flexibility index (Phi) is 4.90. The zero-order valence-electron chi connectivity index (χ0n) is 15.6. The molecule has 0 unspecified atom stereocenters. The summed E-state index contributed by atoms with van der Waals surface area (Å²) in [4.78, 5) is 21.7. The van der Waals surface area contributed by atoms with Crippen LogP contribution in [0, 0.1) is 6.92 Å². The Morgan fingerprint density at radius 3 is 2.43 bits per heavy atom. The second kappa shape index (κ2) is 7.42. The van der Waals surface area contributed by atoms with Crippen molar-refractivity contribution in [1.29, 1.82) is 0 Å². The molecule has 0 saturated heterocycles. The van der Waals surface area contributed by atoms with E-state index in [2.05, 4.69) is 15.3 Å². The molecular formula is C21H15F3N4OS. The Labute approximate surface area is 173 Å². The van der Waals surface area contributed by atoms with Gasteiger partial charge in [-0.1, -0.05) is 29.8 Å². The van der Waals surface area contributed by atoms with Gasteiger partial charge in [0.1, 0.15) is 15.5 Å². The van der Waals surface area contributed by atoms with Gasteiger partial charge in [0.05, 0.1) is 16.9 Å². The number of nitrogen functional groups attached to an aromatic ring is 1. The summed E-state index contributed by atoms with van der Waals surface area (Å²) in [5.41, 5.74) is 8.32. The molecule has 0 atom stereocenters. The number of hydrogen-bond acceptors (Lipinski definition) is 5. The van der Waals surface area contributed by atoms with E-state index in [4.69, 9.17) is 5.73 Å². The standard InChI is InChI=1S/C21H15F3N4OS/c1-11-2-4-12(5-3-11)15-8-7-14-17(25)18(30-20(14)27-15)19(29)28-16-9-6-13(10-26-16)21(22,23)24/h2-10H,25H2,1H3,(H,26,28,29). The highest BCUT2D eigenvalue weighted by molar-refractivity contribution is 7.21. The molecule has 0 bridgehead atoms. The Morgan fingerprint density at radius 2 is 1.80 bits per heavy atom. The number of amides is 1. The normalized spacial score (nSPS) is 11.6. The number of nitrogens with zero attached hydrogens (tertiary/aromatic N) is 2. The maximum absolute atomic E-state index is 12.6. The second-order valence-electron chi connectivity index (χ2n) is 6.64. The first-order valence-corrected chi connectivity index (χ1v) is 9.64. The molecule has 0 aliphatic heterocycles. The van der Waals surface area contributed by atoms with Gasteiger partial charge in [-0.3, -0.25) is 4.79 Å². The van der Waals surface area contributed by atoms with E-state index >= 15 is 0 Å². The Balaban J connectivity index is 1.61. The number of carbonyl (C=O) groups is 1. The smallest absolute Gasteiger partial charge is 0.397 e. The number of anilines is 2. The largest absolute Gasteiger partial charge is 0.417 e. The summed E-state index contributed by atoms with van der Waals surface area (Å²) < 4.78 is 37.9. The van der Waals surface area contributed by atoms with E-state index in [1.807, 2.05) is 37.3 Å². The molecule has 0 aliphatic rings. The van der Waals surface area contributed by atoms with E-state index in [-0.39, 0.29) is 16.4 Å². The van der Waals surface area contributed by atoms with Crippen molar-refractivity contribution in [3.63, 3.8) is 0 Å². The van der Waals surface area contributed by atoms with Crippen LogP contribution in [0.25, 0.3) is 21.5 Å². The van der Waals surface area contributed by atoms with Crippen LogP contribution in [0.2, 0.25) is 0 Å². The fourth-order valence-corrected chi connectivity index (χ4v) is 3.85. The minimum atomic E-state index is -4.49. The minimum absolute atomic E-state index is 0.00170. The maximum Gasteiger partial charge on any atom is 0.417 e. The van der Waals surface area contributed by atoms with Gasteiger partial charge in [-0.05, 0) is 31.2 Å². The van der Waals surface area contributed by atoms with Crippen molar-refractivity contribution in [2.24, 2.45) is 0 Å². The number of fused-ring (bicyclic) bond motifs is 1. The highest BCUT2D eigenvalue weighted by Crippen LogP contribution is 2.35. The highest BCUT2D eigenvalue weighted by atomic mass is 32.1. The van der Waals surface area contributed by atoms with Crippen LogP contribution in [0.5, 0.6) is 0 Å². The zero-order chi connectivity index (χ0) is 21.5. The molecule has 152 valence electrons. The van der Waals surface area contributed by atoms with Gasteiger partial charge in [-0.2, -0.15) is 13.2 Å². The van der Waals surface area contributed by atoms with Crippen LogP contribution in [0.1, 0.15) is 20.8 Å². The van der Waals surface area contributed by atoms with Crippen LogP contribution >= 0.6 is 11.3 Å². The zero-order valence-corrected chi connectivity index (χ0v) is 16.4. The molecule has 4 aromatic rings. The number of aryl methyl sites for hydroxylation is 1. The number of rotatable bonds is 3. The molecule has 3 aromatic heterocycles. The van der Waals surface area contributed by atoms with Gasteiger partial charge in [0, 0.05) is 17.1 Å². The molecule has 0 spiro atoms. The number of nitrogens with two attached hydrogens (primary N) is 1. The Hall–Kier alpha value is -3.46. The van der Waals surface area contributed by atoms with Gasteiger partial charge in [0.25, 0.3) is 5.91 Å². The number of pyridine rings is 2. The number of thiophene rings is 1. The third-order valence-electron chi connectivity index (χ3n) is 4.48. The summed E-state index contributed by atoms with van der Waals surface area (Å²) in [6.45, 7) is 2.00. The van der Waals surface area contributed by atoms with E-state index in [0.29, 0.717) is 16.4 Å². The number of hydrogen-bond donors (Lipinski definition) is 2. The van der Waals surface area contributed by atoms with E-state index in [0.717, 1.165) is 40.3 Å². The molecule has 30 heavy (non-hydrogen) atoms. The van der Waals surface area contributed by atoms with Crippen LogP contribution in [-0.2, 0) is 6.18 Å². The highest BCUT2D eigenvalue weighted by Gasteiger charge is 2.30. The first kappa shape index (κ1) is 19.8. The summed E-state index contributed by atoms with van der Waals surface area (Å²) in [5, 5.41) is 3.12. The summed E-state index contributed by atoms with van der Waals surface area (Å²) in [7, 11) is 0. The van der Waals surface area contributed by atoms with E-state index in [1.54, 1.807) is 6.07 Å². The number of alkyl halides is 3.